The summed E-state index contributed by atoms with van der Waals surface area (Å²) >= 11 is 0. The fourth-order valence-corrected chi connectivity index (χ4v) is 2.87. The van der Waals surface area contributed by atoms with E-state index in [1.54, 1.807) is 0 Å². The Morgan fingerprint density at radius 1 is 1.19 bits per heavy atom. The average molecular weight is 227 g/mol. The van der Waals surface area contributed by atoms with Gasteiger partial charge in [-0.15, -0.1) is 0 Å². The molecule has 1 aliphatic rings. The van der Waals surface area contributed by atoms with Gasteiger partial charge in [0.1, 0.15) is 0 Å². The van der Waals surface area contributed by atoms with Crippen LogP contribution in [-0.2, 0) is 0 Å². The van der Waals surface area contributed by atoms with Gasteiger partial charge in [0.05, 0.1) is 6.10 Å². The Hall–Kier alpha value is -0.0800. The number of hydrogen-bond acceptors (Lipinski definition) is 2. The largest absolute Gasteiger partial charge is 0.391 e. The number of nitrogens with zero attached hydrogens (tertiary/aromatic N) is 1. The van der Waals surface area contributed by atoms with Crippen molar-refractivity contribution in [2.45, 2.75) is 83.4 Å². The molecule has 0 bridgehead atoms. The number of aliphatic hydroxyl groups is 1. The lowest BCUT2D eigenvalue weighted by Crippen LogP contribution is -2.46. The lowest BCUT2D eigenvalue weighted by Gasteiger charge is -2.37. The molecule has 0 radical (unpaired) electrons. The second-order valence-corrected chi connectivity index (χ2v) is 5.43. The van der Waals surface area contributed by atoms with Gasteiger partial charge in [-0.05, 0) is 33.2 Å². The van der Waals surface area contributed by atoms with E-state index in [2.05, 4.69) is 25.8 Å². The molecule has 0 heterocycles. The van der Waals surface area contributed by atoms with Gasteiger partial charge in [0.15, 0.2) is 0 Å². The summed E-state index contributed by atoms with van der Waals surface area (Å²) in [5.41, 5.74) is 0. The van der Waals surface area contributed by atoms with Crippen LogP contribution in [0.1, 0.15) is 65.2 Å². The molecular weight excluding hydrogens is 198 g/mol. The fraction of sp³-hybridized carbons (Fsp3) is 1.00. The van der Waals surface area contributed by atoms with Crippen LogP contribution in [-0.4, -0.2) is 35.2 Å². The zero-order valence-electron chi connectivity index (χ0n) is 11.3. The Bertz CT molecular complexity index is 184. The summed E-state index contributed by atoms with van der Waals surface area (Å²) in [5, 5.41) is 10.2. The minimum Gasteiger partial charge on any atom is -0.391 e. The van der Waals surface area contributed by atoms with Crippen LogP contribution in [0.25, 0.3) is 0 Å². The summed E-state index contributed by atoms with van der Waals surface area (Å²) in [6, 6.07) is 0.992. The molecule has 0 aliphatic heterocycles. The summed E-state index contributed by atoms with van der Waals surface area (Å²) < 4.78 is 0. The summed E-state index contributed by atoms with van der Waals surface area (Å²) in [5.74, 6) is 0. The van der Waals surface area contributed by atoms with Crippen molar-refractivity contribution in [2.24, 2.45) is 0 Å². The first-order valence-electron chi connectivity index (χ1n) is 7.06. The van der Waals surface area contributed by atoms with E-state index in [9.17, 15) is 5.11 Å². The molecule has 1 saturated carbocycles. The third-order valence-electron chi connectivity index (χ3n) is 4.12. The first-order chi connectivity index (χ1) is 7.66. The highest BCUT2D eigenvalue weighted by Crippen LogP contribution is 2.23. The van der Waals surface area contributed by atoms with E-state index in [-0.39, 0.29) is 6.10 Å². The van der Waals surface area contributed by atoms with Gasteiger partial charge in [-0.25, -0.2) is 0 Å². The zero-order valence-corrected chi connectivity index (χ0v) is 11.3. The molecule has 2 heteroatoms. The standard InChI is InChI=1S/C14H29NO/c1-4-9-12(2)15(3)13-10-7-5-6-8-11-14(13)16/h12-14,16H,4-11H2,1-3H3. The van der Waals surface area contributed by atoms with Gasteiger partial charge >= 0.3 is 0 Å². The highest BCUT2D eigenvalue weighted by atomic mass is 16.3. The Morgan fingerprint density at radius 2 is 1.81 bits per heavy atom. The van der Waals surface area contributed by atoms with Gasteiger partial charge in [-0.1, -0.05) is 39.0 Å². The van der Waals surface area contributed by atoms with Crippen molar-refractivity contribution in [2.75, 3.05) is 7.05 Å². The maximum Gasteiger partial charge on any atom is 0.0695 e. The van der Waals surface area contributed by atoms with Gasteiger partial charge in [0.2, 0.25) is 0 Å². The smallest absolute Gasteiger partial charge is 0.0695 e. The van der Waals surface area contributed by atoms with Crippen LogP contribution in [0.15, 0.2) is 0 Å². The molecule has 2 nitrogen and oxygen atoms in total. The van der Waals surface area contributed by atoms with Crippen LogP contribution >= 0.6 is 0 Å². The topological polar surface area (TPSA) is 23.5 Å². The molecule has 1 rings (SSSR count). The SMILES string of the molecule is CCCC(C)N(C)C1CCCCCCC1O. The normalized spacial score (nSPS) is 29.8. The summed E-state index contributed by atoms with van der Waals surface area (Å²) in [7, 11) is 2.19. The quantitative estimate of drug-likeness (QED) is 0.797. The van der Waals surface area contributed by atoms with Gasteiger partial charge in [0, 0.05) is 12.1 Å². The second-order valence-electron chi connectivity index (χ2n) is 5.43. The van der Waals surface area contributed by atoms with Crippen LogP contribution < -0.4 is 0 Å². The Morgan fingerprint density at radius 3 is 2.44 bits per heavy atom. The van der Waals surface area contributed by atoms with Crippen LogP contribution in [0, 0.1) is 0 Å². The molecule has 0 aromatic rings. The Labute approximate surface area is 101 Å². The van der Waals surface area contributed by atoms with Crippen molar-refractivity contribution in [1.82, 2.24) is 4.90 Å². The predicted octanol–water partition coefficient (Wildman–Crippen LogP) is 3.19. The number of likely N-dealkylation sites (N-methyl/N-ethyl adjacent to an activating group) is 1. The third kappa shape index (κ3) is 4.06. The van der Waals surface area contributed by atoms with Gasteiger partial charge < -0.3 is 5.11 Å². The monoisotopic (exact) mass is 227 g/mol. The van der Waals surface area contributed by atoms with Crippen molar-refractivity contribution in [1.29, 1.82) is 0 Å². The van der Waals surface area contributed by atoms with Crippen LogP contribution in [0.3, 0.4) is 0 Å². The number of aliphatic hydroxyl groups excluding tert-OH is 1. The Balaban J connectivity index is 2.51. The summed E-state index contributed by atoms with van der Waals surface area (Å²) in [6.45, 7) is 4.52. The van der Waals surface area contributed by atoms with Crippen molar-refractivity contribution in [3.8, 4) is 0 Å². The van der Waals surface area contributed by atoms with E-state index < -0.39 is 0 Å². The predicted molar refractivity (Wildman–Crippen MR) is 69.6 cm³/mol. The molecule has 16 heavy (non-hydrogen) atoms. The molecule has 96 valence electrons. The van der Waals surface area contributed by atoms with Crippen molar-refractivity contribution < 1.29 is 5.11 Å². The molecular formula is C14H29NO. The first kappa shape index (κ1) is 14.0. The summed E-state index contributed by atoms with van der Waals surface area (Å²) in [4.78, 5) is 2.42. The van der Waals surface area contributed by atoms with E-state index >= 15 is 0 Å². The first-order valence-corrected chi connectivity index (χ1v) is 7.06. The molecule has 1 fully saturated rings. The van der Waals surface area contributed by atoms with E-state index in [0.29, 0.717) is 12.1 Å². The van der Waals surface area contributed by atoms with E-state index in [1.807, 2.05) is 0 Å². The number of rotatable bonds is 4. The molecule has 0 saturated heterocycles. The second kappa shape index (κ2) is 7.29. The van der Waals surface area contributed by atoms with E-state index in [4.69, 9.17) is 0 Å². The van der Waals surface area contributed by atoms with Crippen molar-refractivity contribution in [3.63, 3.8) is 0 Å². The lowest BCUT2D eigenvalue weighted by molar-refractivity contribution is 0.0253. The molecule has 0 aromatic carbocycles. The van der Waals surface area contributed by atoms with Gasteiger partial charge in [0.25, 0.3) is 0 Å². The minimum atomic E-state index is -0.107. The van der Waals surface area contributed by atoms with Gasteiger partial charge in [-0.2, -0.15) is 0 Å². The summed E-state index contributed by atoms with van der Waals surface area (Å²) in [6.07, 6.45) is 9.66. The fourth-order valence-electron chi connectivity index (χ4n) is 2.87. The highest BCUT2D eigenvalue weighted by molar-refractivity contribution is 4.81. The highest BCUT2D eigenvalue weighted by Gasteiger charge is 2.26. The average Bonchev–Trinajstić information content (AvgIpc) is 2.24. The van der Waals surface area contributed by atoms with Crippen molar-refractivity contribution in [3.05, 3.63) is 0 Å². The molecule has 3 atom stereocenters. The number of hydrogen-bond donors (Lipinski definition) is 1. The van der Waals surface area contributed by atoms with Crippen molar-refractivity contribution >= 4 is 0 Å². The maximum atomic E-state index is 10.2. The van der Waals surface area contributed by atoms with Crippen LogP contribution in [0.5, 0.6) is 0 Å². The minimum absolute atomic E-state index is 0.107. The molecule has 1 N–H and O–H groups in total. The van der Waals surface area contributed by atoms with Gasteiger partial charge in [-0.3, -0.25) is 4.90 Å². The lowest BCUT2D eigenvalue weighted by atomic mass is 9.92. The van der Waals surface area contributed by atoms with E-state index in [1.165, 1.54) is 44.9 Å². The maximum absolute atomic E-state index is 10.2. The van der Waals surface area contributed by atoms with E-state index in [0.717, 1.165) is 6.42 Å². The molecule has 0 amide bonds. The Kier molecular flexibility index (Phi) is 6.37. The third-order valence-corrected chi connectivity index (χ3v) is 4.12. The molecule has 0 spiro atoms. The van der Waals surface area contributed by atoms with Crippen LogP contribution in [0.4, 0.5) is 0 Å². The van der Waals surface area contributed by atoms with Crippen LogP contribution in [0.2, 0.25) is 0 Å². The zero-order chi connectivity index (χ0) is 12.0. The molecule has 0 aromatic heterocycles. The molecule has 1 aliphatic carbocycles. The molecule has 3 unspecified atom stereocenters.